The van der Waals surface area contributed by atoms with Crippen molar-refractivity contribution in [3.8, 4) is 0 Å². The Kier molecular flexibility index (Phi) is 62.2. The summed E-state index contributed by atoms with van der Waals surface area (Å²) in [5.41, 5.74) is 0. The van der Waals surface area contributed by atoms with Crippen molar-refractivity contribution in [2.75, 3.05) is 6.61 Å². The van der Waals surface area contributed by atoms with E-state index < -0.39 is 12.1 Å². The van der Waals surface area contributed by atoms with E-state index in [1.54, 1.807) is 6.08 Å². The average Bonchev–Trinajstić information content (AvgIpc) is 3.39. The maximum Gasteiger partial charge on any atom is 0.220 e. The fraction of sp³-hybridized carbons (Fsp3) is 0.868. The zero-order valence-corrected chi connectivity index (χ0v) is 49.0. The lowest BCUT2D eigenvalue weighted by molar-refractivity contribution is -0.123. The molecule has 0 aliphatic carbocycles. The Bertz CT molecular complexity index is 1140. The van der Waals surface area contributed by atoms with Crippen LogP contribution in [0.2, 0.25) is 0 Å². The summed E-state index contributed by atoms with van der Waals surface area (Å²) in [4.78, 5) is 12.5. The molecule has 0 fully saturated rings. The van der Waals surface area contributed by atoms with Gasteiger partial charge >= 0.3 is 0 Å². The van der Waals surface area contributed by atoms with Gasteiger partial charge in [-0.1, -0.05) is 339 Å². The SMILES string of the molecule is CCCCCCC/C=C\C/C=C\CCCCCCCCCCCCCCCCCCCCCCCCCC(=O)NC(CO)C(O)/C=C/CC/C=C/CCCCCCCCCCCCCCCCCCCCC. The second-order valence-electron chi connectivity index (χ2n) is 22.5. The summed E-state index contributed by atoms with van der Waals surface area (Å²) in [5.74, 6) is -0.0670. The fourth-order valence-corrected chi connectivity index (χ4v) is 10.3. The number of hydrogen-bond acceptors (Lipinski definition) is 3. The van der Waals surface area contributed by atoms with E-state index in [2.05, 4.69) is 55.6 Å². The molecule has 0 bridgehead atoms. The molecule has 0 aliphatic rings. The Morgan fingerprint density at radius 3 is 0.889 bits per heavy atom. The van der Waals surface area contributed by atoms with E-state index >= 15 is 0 Å². The molecule has 4 heteroatoms. The number of nitrogens with one attached hydrogen (secondary N) is 1. The molecule has 1 amide bonds. The van der Waals surface area contributed by atoms with Gasteiger partial charge in [0, 0.05) is 6.42 Å². The van der Waals surface area contributed by atoms with Crippen molar-refractivity contribution in [3.63, 3.8) is 0 Å². The summed E-state index contributed by atoms with van der Waals surface area (Å²) in [6.07, 6.45) is 89.0. The first-order valence-corrected chi connectivity index (χ1v) is 32.9. The molecule has 0 aliphatic heterocycles. The molecule has 2 unspecified atom stereocenters. The van der Waals surface area contributed by atoms with Gasteiger partial charge in [-0.2, -0.15) is 0 Å². The minimum absolute atomic E-state index is 0.0670. The van der Waals surface area contributed by atoms with E-state index in [1.165, 1.54) is 302 Å². The quantitative estimate of drug-likeness (QED) is 0.0420. The van der Waals surface area contributed by atoms with Gasteiger partial charge in [0.05, 0.1) is 18.8 Å². The predicted octanol–water partition coefficient (Wildman–Crippen LogP) is 22.2. The minimum atomic E-state index is -0.863. The van der Waals surface area contributed by atoms with Gasteiger partial charge in [0.1, 0.15) is 0 Å². The number of unbranched alkanes of at least 4 members (excludes halogenated alkanes) is 48. The van der Waals surface area contributed by atoms with Crippen LogP contribution in [0.15, 0.2) is 48.6 Å². The van der Waals surface area contributed by atoms with Crippen LogP contribution >= 0.6 is 0 Å². The largest absolute Gasteiger partial charge is 0.394 e. The number of rotatable bonds is 61. The molecule has 424 valence electrons. The number of carbonyl (C=O) groups is 1. The molecule has 2 atom stereocenters. The van der Waals surface area contributed by atoms with Crippen LogP contribution in [0.1, 0.15) is 361 Å². The Balaban J connectivity index is 3.45. The van der Waals surface area contributed by atoms with Gasteiger partial charge in [0.25, 0.3) is 0 Å². The van der Waals surface area contributed by atoms with Crippen molar-refractivity contribution in [2.24, 2.45) is 0 Å². The minimum Gasteiger partial charge on any atom is -0.394 e. The molecule has 0 rings (SSSR count). The van der Waals surface area contributed by atoms with Crippen molar-refractivity contribution in [1.82, 2.24) is 5.32 Å². The second-order valence-corrected chi connectivity index (χ2v) is 22.5. The summed E-state index contributed by atoms with van der Waals surface area (Å²) in [7, 11) is 0. The van der Waals surface area contributed by atoms with E-state index in [0.717, 1.165) is 38.5 Å². The Morgan fingerprint density at radius 2 is 0.583 bits per heavy atom. The van der Waals surface area contributed by atoms with Crippen molar-refractivity contribution < 1.29 is 15.0 Å². The molecule has 0 aromatic heterocycles. The Labute approximate surface area is 452 Å². The molecule has 0 spiro atoms. The highest BCUT2D eigenvalue weighted by molar-refractivity contribution is 5.76. The topological polar surface area (TPSA) is 69.6 Å². The van der Waals surface area contributed by atoms with Gasteiger partial charge < -0.3 is 15.5 Å². The Morgan fingerprint density at radius 1 is 0.333 bits per heavy atom. The van der Waals surface area contributed by atoms with E-state index in [-0.39, 0.29) is 12.5 Å². The van der Waals surface area contributed by atoms with Crippen LogP contribution in [0.25, 0.3) is 0 Å². The average molecular weight is 1010 g/mol. The van der Waals surface area contributed by atoms with Gasteiger partial charge in [-0.05, 0) is 64.2 Å². The van der Waals surface area contributed by atoms with Crippen LogP contribution in [-0.4, -0.2) is 34.9 Å². The summed E-state index contributed by atoms with van der Waals surface area (Å²) in [6.45, 7) is 4.33. The van der Waals surface area contributed by atoms with Crippen LogP contribution in [0.4, 0.5) is 0 Å². The number of hydrogen-bond donors (Lipinski definition) is 3. The summed E-state index contributed by atoms with van der Waals surface area (Å²) < 4.78 is 0. The first-order chi connectivity index (χ1) is 35.7. The van der Waals surface area contributed by atoms with Crippen LogP contribution < -0.4 is 5.32 Å². The lowest BCUT2D eigenvalue weighted by Gasteiger charge is -2.19. The first kappa shape index (κ1) is 70.3. The first-order valence-electron chi connectivity index (χ1n) is 32.9. The van der Waals surface area contributed by atoms with E-state index in [0.29, 0.717) is 6.42 Å². The highest BCUT2D eigenvalue weighted by atomic mass is 16.3. The van der Waals surface area contributed by atoms with E-state index in [1.807, 2.05) is 6.08 Å². The molecule has 0 heterocycles. The van der Waals surface area contributed by atoms with Gasteiger partial charge in [0.15, 0.2) is 0 Å². The number of allylic oxidation sites excluding steroid dienone is 7. The van der Waals surface area contributed by atoms with Crippen LogP contribution in [-0.2, 0) is 4.79 Å². The third-order valence-corrected chi connectivity index (χ3v) is 15.3. The number of carbonyl (C=O) groups excluding carboxylic acids is 1. The van der Waals surface area contributed by atoms with Gasteiger partial charge in [-0.25, -0.2) is 0 Å². The maximum atomic E-state index is 12.5. The van der Waals surface area contributed by atoms with Crippen molar-refractivity contribution in [1.29, 1.82) is 0 Å². The molecule has 72 heavy (non-hydrogen) atoms. The fourth-order valence-electron chi connectivity index (χ4n) is 10.3. The lowest BCUT2D eigenvalue weighted by atomic mass is 10.0. The monoisotopic (exact) mass is 1010 g/mol. The van der Waals surface area contributed by atoms with E-state index in [4.69, 9.17) is 0 Å². The smallest absolute Gasteiger partial charge is 0.220 e. The molecule has 3 N–H and O–H groups in total. The summed E-state index contributed by atoms with van der Waals surface area (Å²) in [6, 6.07) is -0.639. The molecular weight excluding hydrogens is 879 g/mol. The molecule has 0 aromatic rings. The van der Waals surface area contributed by atoms with Crippen LogP contribution in [0, 0.1) is 0 Å². The lowest BCUT2D eigenvalue weighted by Crippen LogP contribution is -2.45. The highest BCUT2D eigenvalue weighted by Crippen LogP contribution is 2.18. The molecular formula is C68H129NO3. The van der Waals surface area contributed by atoms with Crippen LogP contribution in [0.3, 0.4) is 0 Å². The molecule has 0 saturated heterocycles. The van der Waals surface area contributed by atoms with Crippen molar-refractivity contribution >= 4 is 5.91 Å². The van der Waals surface area contributed by atoms with E-state index in [9.17, 15) is 15.0 Å². The molecule has 0 radical (unpaired) electrons. The molecule has 4 nitrogen and oxygen atoms in total. The maximum absolute atomic E-state index is 12.5. The number of amides is 1. The molecule has 0 saturated carbocycles. The zero-order valence-electron chi connectivity index (χ0n) is 49.0. The van der Waals surface area contributed by atoms with Gasteiger partial charge in [-0.3, -0.25) is 4.79 Å². The third kappa shape index (κ3) is 59.2. The highest BCUT2D eigenvalue weighted by Gasteiger charge is 2.18. The van der Waals surface area contributed by atoms with Gasteiger partial charge in [0.2, 0.25) is 5.91 Å². The molecule has 0 aromatic carbocycles. The van der Waals surface area contributed by atoms with Crippen molar-refractivity contribution in [3.05, 3.63) is 48.6 Å². The third-order valence-electron chi connectivity index (χ3n) is 15.3. The Hall–Kier alpha value is -1.65. The summed E-state index contributed by atoms with van der Waals surface area (Å²) >= 11 is 0. The van der Waals surface area contributed by atoms with Crippen molar-refractivity contribution in [2.45, 2.75) is 373 Å². The number of aliphatic hydroxyl groups excluding tert-OH is 2. The standard InChI is InChI=1S/C68H129NO3/c1-3-5-7-9-11-13-15-17-19-21-23-25-27-29-30-31-32-33-34-35-36-37-38-40-42-44-46-48-50-52-54-56-58-60-62-64-68(72)69-66(65-70)67(71)63-61-59-57-55-53-51-49-47-45-43-41-39-28-26-24-22-20-18-16-14-12-10-8-6-4-2/h15,17,21,23,53,55,61,63,66-67,70-71H,3-14,16,18-20,22,24-52,54,56-60,62,64-65H2,1-2H3,(H,69,72)/b17-15-,23-21-,55-53+,63-61+. The predicted molar refractivity (Wildman–Crippen MR) is 322 cm³/mol. The summed E-state index contributed by atoms with van der Waals surface area (Å²) in [5, 5.41) is 23.2. The van der Waals surface area contributed by atoms with Crippen LogP contribution in [0.5, 0.6) is 0 Å². The van der Waals surface area contributed by atoms with Gasteiger partial charge in [-0.15, -0.1) is 0 Å². The normalized spacial score (nSPS) is 13.0. The number of aliphatic hydroxyl groups is 2. The second kappa shape index (κ2) is 63.6. The zero-order chi connectivity index (χ0) is 52.0.